The molecule has 10 heteroatoms. The maximum Gasteiger partial charge on any atom is 0.260 e. The van der Waals surface area contributed by atoms with Crippen molar-refractivity contribution in [2.75, 3.05) is 44.4 Å². The summed E-state index contributed by atoms with van der Waals surface area (Å²) in [5.41, 5.74) is 2.18. The summed E-state index contributed by atoms with van der Waals surface area (Å²) in [6.07, 6.45) is 2.03. The van der Waals surface area contributed by atoms with Gasteiger partial charge in [-0.3, -0.25) is 9.69 Å². The molecular formula is C29H34N4O3S3. The summed E-state index contributed by atoms with van der Waals surface area (Å²) in [4.78, 5) is 23.8. The van der Waals surface area contributed by atoms with Gasteiger partial charge in [-0.05, 0) is 67.4 Å². The number of sulfonamides is 1. The minimum absolute atomic E-state index is 0.150. The largest absolute Gasteiger partial charge is 0.302 e. The van der Waals surface area contributed by atoms with Gasteiger partial charge in [0.05, 0.1) is 15.1 Å². The highest BCUT2D eigenvalue weighted by atomic mass is 32.2. The summed E-state index contributed by atoms with van der Waals surface area (Å²) in [7, 11) is -2.15. The van der Waals surface area contributed by atoms with E-state index in [2.05, 4.69) is 24.8 Å². The van der Waals surface area contributed by atoms with E-state index in [4.69, 9.17) is 4.98 Å². The van der Waals surface area contributed by atoms with Crippen LogP contribution in [0.2, 0.25) is 0 Å². The predicted molar refractivity (Wildman–Crippen MR) is 162 cm³/mol. The number of fused-ring (bicyclic) bond motifs is 1. The normalized spacial score (nSPS) is 11.9. The summed E-state index contributed by atoms with van der Waals surface area (Å²) < 4.78 is 28.7. The van der Waals surface area contributed by atoms with Gasteiger partial charge in [-0.25, -0.2) is 13.4 Å². The van der Waals surface area contributed by atoms with Gasteiger partial charge in [-0.15, -0.1) is 11.8 Å². The summed E-state index contributed by atoms with van der Waals surface area (Å²) in [6, 6.07) is 21.8. The molecule has 0 aliphatic heterocycles. The molecule has 206 valence electrons. The van der Waals surface area contributed by atoms with Crippen molar-refractivity contribution in [1.29, 1.82) is 0 Å². The van der Waals surface area contributed by atoms with Crippen molar-refractivity contribution >= 4 is 54.4 Å². The third-order valence-corrected chi connectivity index (χ3v) is 10.2. The van der Waals surface area contributed by atoms with E-state index in [0.717, 1.165) is 33.8 Å². The number of aromatic nitrogens is 1. The maximum absolute atomic E-state index is 13.8. The van der Waals surface area contributed by atoms with E-state index < -0.39 is 10.0 Å². The van der Waals surface area contributed by atoms with Crippen molar-refractivity contribution in [1.82, 2.24) is 14.2 Å². The molecule has 0 radical (unpaired) electrons. The van der Waals surface area contributed by atoms with Gasteiger partial charge in [0.2, 0.25) is 10.0 Å². The molecule has 1 heterocycles. The number of hydrogen-bond donors (Lipinski definition) is 0. The number of thiazole rings is 1. The van der Waals surface area contributed by atoms with Crippen molar-refractivity contribution in [3.05, 3.63) is 83.9 Å². The van der Waals surface area contributed by atoms with E-state index in [-0.39, 0.29) is 17.3 Å². The number of thioether (sulfide) groups is 1. The molecule has 3 aromatic carbocycles. The Hall–Kier alpha value is -2.76. The Morgan fingerprint density at radius 3 is 2.28 bits per heavy atom. The zero-order chi connectivity index (χ0) is 28.0. The smallest absolute Gasteiger partial charge is 0.260 e. The number of carbonyl (C=O) groups is 1. The van der Waals surface area contributed by atoms with Crippen molar-refractivity contribution in [2.45, 2.75) is 30.2 Å². The molecule has 0 saturated carbocycles. The van der Waals surface area contributed by atoms with E-state index in [9.17, 15) is 13.2 Å². The molecule has 39 heavy (non-hydrogen) atoms. The first-order valence-corrected chi connectivity index (χ1v) is 16.3. The molecule has 0 unspecified atom stereocenters. The Balaban J connectivity index is 1.59. The standard InChI is InChI=1S/C29H34N4O3S3/c1-5-32(6-2)18-19-33(29-30-26-17-14-24(37-4)20-27(26)38-29)28(34)23-12-15-25(16-13-23)39(35,36)31(3)21-22-10-8-7-9-11-22/h7-17,20H,5-6,18-19,21H2,1-4H3. The third kappa shape index (κ3) is 6.88. The van der Waals surface area contributed by atoms with E-state index in [1.54, 1.807) is 35.8 Å². The Labute approximate surface area is 239 Å². The summed E-state index contributed by atoms with van der Waals surface area (Å²) in [5, 5.41) is 0.639. The molecule has 0 N–H and O–H groups in total. The van der Waals surface area contributed by atoms with Crippen molar-refractivity contribution < 1.29 is 13.2 Å². The second-order valence-corrected chi connectivity index (χ2v) is 13.0. The van der Waals surface area contributed by atoms with Crippen LogP contribution in [0, 0.1) is 0 Å². The lowest BCUT2D eigenvalue weighted by Gasteiger charge is -2.25. The van der Waals surface area contributed by atoms with Crippen LogP contribution < -0.4 is 4.90 Å². The number of nitrogens with zero attached hydrogens (tertiary/aromatic N) is 4. The number of anilines is 1. The molecule has 1 aromatic heterocycles. The third-order valence-electron chi connectivity index (χ3n) is 6.65. The molecule has 0 aliphatic rings. The number of carbonyl (C=O) groups excluding carboxylic acids is 1. The molecule has 0 saturated heterocycles. The molecule has 7 nitrogen and oxygen atoms in total. The van der Waals surface area contributed by atoms with E-state index in [0.29, 0.717) is 23.8 Å². The zero-order valence-corrected chi connectivity index (χ0v) is 25.2. The van der Waals surface area contributed by atoms with Crippen LogP contribution in [-0.2, 0) is 16.6 Å². The Kier molecular flexibility index (Phi) is 9.79. The number of rotatable bonds is 12. The highest BCUT2D eigenvalue weighted by molar-refractivity contribution is 7.98. The number of hydrogen-bond acceptors (Lipinski definition) is 7. The number of benzene rings is 3. The topological polar surface area (TPSA) is 73.8 Å². The van der Waals surface area contributed by atoms with E-state index >= 15 is 0 Å². The maximum atomic E-state index is 13.8. The monoisotopic (exact) mass is 582 g/mol. The first-order chi connectivity index (χ1) is 18.8. The molecule has 4 rings (SSSR count). The number of amides is 1. The molecular weight excluding hydrogens is 549 g/mol. The van der Waals surface area contributed by atoms with E-state index in [1.807, 2.05) is 48.7 Å². The van der Waals surface area contributed by atoms with Crippen molar-refractivity contribution in [3.8, 4) is 0 Å². The van der Waals surface area contributed by atoms with Gasteiger partial charge in [0.1, 0.15) is 0 Å². The summed E-state index contributed by atoms with van der Waals surface area (Å²) in [6.45, 7) is 7.43. The highest BCUT2D eigenvalue weighted by Gasteiger charge is 2.25. The summed E-state index contributed by atoms with van der Waals surface area (Å²) in [5.74, 6) is -0.201. The van der Waals surface area contributed by atoms with Gasteiger partial charge >= 0.3 is 0 Å². The van der Waals surface area contributed by atoms with Crippen LogP contribution in [0.3, 0.4) is 0 Å². The molecule has 0 bridgehead atoms. The van der Waals surface area contributed by atoms with Gasteiger partial charge < -0.3 is 4.90 Å². The quantitative estimate of drug-likeness (QED) is 0.196. The van der Waals surface area contributed by atoms with Crippen LogP contribution in [0.15, 0.2) is 82.6 Å². The SMILES string of the molecule is CCN(CC)CCN(C(=O)c1ccc(S(=O)(=O)N(C)Cc2ccccc2)cc1)c1nc2ccc(SC)cc2s1. The zero-order valence-electron chi connectivity index (χ0n) is 22.7. The Morgan fingerprint density at radius 2 is 1.64 bits per heavy atom. The van der Waals surface area contributed by atoms with Crippen LogP contribution in [0.25, 0.3) is 10.2 Å². The fraction of sp³-hybridized carbons (Fsp3) is 0.310. The van der Waals surface area contributed by atoms with Crippen molar-refractivity contribution in [2.24, 2.45) is 0 Å². The fourth-order valence-electron chi connectivity index (χ4n) is 4.23. The lowest BCUT2D eigenvalue weighted by Crippen LogP contribution is -2.38. The van der Waals surface area contributed by atoms with E-state index in [1.165, 1.54) is 27.8 Å². The second-order valence-electron chi connectivity index (χ2n) is 9.08. The number of likely N-dealkylation sites (N-methyl/N-ethyl adjacent to an activating group) is 1. The first-order valence-electron chi connectivity index (χ1n) is 12.9. The average Bonchev–Trinajstić information content (AvgIpc) is 3.38. The predicted octanol–water partition coefficient (Wildman–Crippen LogP) is 5.83. The molecule has 0 fully saturated rings. The van der Waals surface area contributed by atoms with Crippen molar-refractivity contribution in [3.63, 3.8) is 0 Å². The molecule has 4 aromatic rings. The van der Waals surface area contributed by atoms with Crippen LogP contribution in [-0.4, -0.2) is 68.0 Å². The highest BCUT2D eigenvalue weighted by Crippen LogP contribution is 2.32. The minimum atomic E-state index is -3.71. The average molecular weight is 583 g/mol. The summed E-state index contributed by atoms with van der Waals surface area (Å²) >= 11 is 3.17. The van der Waals surface area contributed by atoms with Crippen LogP contribution >= 0.6 is 23.1 Å². The van der Waals surface area contributed by atoms with Gasteiger partial charge in [-0.1, -0.05) is 55.5 Å². The Morgan fingerprint density at radius 1 is 0.949 bits per heavy atom. The molecule has 0 aliphatic carbocycles. The second kappa shape index (κ2) is 13.1. The fourth-order valence-corrected chi connectivity index (χ4v) is 6.93. The van der Waals surface area contributed by atoms with Gasteiger partial charge in [-0.2, -0.15) is 4.31 Å². The molecule has 1 amide bonds. The van der Waals surface area contributed by atoms with Crippen LogP contribution in [0.1, 0.15) is 29.8 Å². The first kappa shape index (κ1) is 29.2. The van der Waals surface area contributed by atoms with Gasteiger partial charge in [0.25, 0.3) is 5.91 Å². The van der Waals surface area contributed by atoms with Crippen LogP contribution in [0.5, 0.6) is 0 Å². The molecule has 0 spiro atoms. The Bertz CT molecular complexity index is 1500. The van der Waals surface area contributed by atoms with Gasteiger partial charge in [0, 0.05) is 37.1 Å². The lowest BCUT2D eigenvalue weighted by molar-refractivity contribution is 0.0983. The molecule has 0 atom stereocenters. The minimum Gasteiger partial charge on any atom is -0.302 e. The van der Waals surface area contributed by atoms with Gasteiger partial charge in [0.15, 0.2) is 5.13 Å². The van der Waals surface area contributed by atoms with Crippen LogP contribution in [0.4, 0.5) is 5.13 Å². The lowest BCUT2D eigenvalue weighted by atomic mass is 10.2.